The van der Waals surface area contributed by atoms with Crippen molar-refractivity contribution in [3.8, 4) is 0 Å². The first kappa shape index (κ1) is 26.1. The van der Waals surface area contributed by atoms with Crippen LogP contribution >= 0.6 is 0 Å². The number of aliphatic hydroxyl groups is 3. The predicted octanol–water partition coefficient (Wildman–Crippen LogP) is 3.77. The first-order chi connectivity index (χ1) is 13.5. The molecule has 28 heavy (non-hydrogen) atoms. The van der Waals surface area contributed by atoms with E-state index < -0.39 is 18.3 Å². The fourth-order valence-corrected chi connectivity index (χ4v) is 2.06. The maximum absolute atomic E-state index is 11.3. The van der Waals surface area contributed by atoms with E-state index in [2.05, 4.69) is 0 Å². The van der Waals surface area contributed by atoms with E-state index in [-0.39, 0.29) is 5.97 Å². The molecule has 0 amide bonds. The molecule has 0 heterocycles. The maximum Gasteiger partial charge on any atom is 0.305 e. The van der Waals surface area contributed by atoms with Crippen LogP contribution in [0, 0.1) is 0 Å². The van der Waals surface area contributed by atoms with Gasteiger partial charge in [0.15, 0.2) is 0 Å². The van der Waals surface area contributed by atoms with E-state index >= 15 is 0 Å². The van der Waals surface area contributed by atoms with E-state index in [0.29, 0.717) is 38.7 Å². The number of hydrogen-bond acceptors (Lipinski definition) is 5. The van der Waals surface area contributed by atoms with Crippen LogP contribution in [0.25, 0.3) is 0 Å². The molecule has 3 N–H and O–H groups in total. The molecule has 5 nitrogen and oxygen atoms in total. The van der Waals surface area contributed by atoms with Crippen LogP contribution in [0.4, 0.5) is 0 Å². The lowest BCUT2D eigenvalue weighted by molar-refractivity contribution is -0.143. The Balaban J connectivity index is 3.94. The van der Waals surface area contributed by atoms with Gasteiger partial charge in [-0.1, -0.05) is 74.6 Å². The summed E-state index contributed by atoms with van der Waals surface area (Å²) in [6.07, 6.45) is 19.3. The molecule has 0 radical (unpaired) electrons. The highest BCUT2D eigenvalue weighted by atomic mass is 16.5. The molecule has 158 valence electrons. The highest BCUT2D eigenvalue weighted by Gasteiger charge is 2.04. The summed E-state index contributed by atoms with van der Waals surface area (Å²) >= 11 is 0. The van der Waals surface area contributed by atoms with Gasteiger partial charge in [0.05, 0.1) is 24.9 Å². The predicted molar refractivity (Wildman–Crippen MR) is 114 cm³/mol. The van der Waals surface area contributed by atoms with Gasteiger partial charge in [-0.05, 0) is 32.1 Å². The van der Waals surface area contributed by atoms with Gasteiger partial charge in [-0.3, -0.25) is 4.79 Å². The van der Waals surface area contributed by atoms with Gasteiger partial charge in [0, 0.05) is 6.42 Å². The van der Waals surface area contributed by atoms with E-state index in [1.165, 1.54) is 0 Å². The normalized spacial score (nSPS) is 16.0. The zero-order chi connectivity index (χ0) is 21.0. The maximum atomic E-state index is 11.3. The van der Waals surface area contributed by atoms with Crippen LogP contribution in [-0.4, -0.2) is 46.2 Å². The third-order valence-corrected chi connectivity index (χ3v) is 3.72. The summed E-state index contributed by atoms with van der Waals surface area (Å²) in [7, 11) is 0. The zero-order valence-corrected chi connectivity index (χ0v) is 17.1. The molecule has 0 rings (SSSR count). The van der Waals surface area contributed by atoms with Gasteiger partial charge in [-0.15, -0.1) is 0 Å². The molecule has 3 atom stereocenters. The van der Waals surface area contributed by atoms with E-state index in [0.717, 1.165) is 6.42 Å². The topological polar surface area (TPSA) is 87.0 Å². The number of aliphatic hydroxyl groups excluding tert-OH is 3. The van der Waals surface area contributed by atoms with Gasteiger partial charge in [0.25, 0.3) is 0 Å². The molecular formula is C23H36O5. The monoisotopic (exact) mass is 392 g/mol. The van der Waals surface area contributed by atoms with E-state index in [1.807, 2.05) is 19.9 Å². The Bertz CT molecular complexity index is 531. The number of carbonyl (C=O) groups is 1. The molecule has 5 heteroatoms. The van der Waals surface area contributed by atoms with Crippen molar-refractivity contribution < 1.29 is 24.9 Å². The van der Waals surface area contributed by atoms with Crippen LogP contribution in [0.1, 0.15) is 52.4 Å². The molecule has 0 fully saturated rings. The van der Waals surface area contributed by atoms with Crippen LogP contribution in [-0.2, 0) is 9.53 Å². The average molecular weight is 393 g/mol. The molecule has 0 aromatic rings. The van der Waals surface area contributed by atoms with Crippen molar-refractivity contribution in [2.24, 2.45) is 0 Å². The fraction of sp³-hybridized carbons (Fsp3) is 0.522. The van der Waals surface area contributed by atoms with E-state index in [1.54, 1.807) is 54.7 Å². The Hall–Kier alpha value is -1.95. The molecule has 0 aromatic heterocycles. The highest BCUT2D eigenvalue weighted by Crippen LogP contribution is 2.04. The van der Waals surface area contributed by atoms with E-state index in [4.69, 9.17) is 4.74 Å². The lowest BCUT2D eigenvalue weighted by atomic mass is 10.1. The van der Waals surface area contributed by atoms with Crippen molar-refractivity contribution in [1.29, 1.82) is 0 Å². The van der Waals surface area contributed by atoms with Crippen molar-refractivity contribution in [3.63, 3.8) is 0 Å². The Kier molecular flexibility index (Phi) is 17.1. The Morgan fingerprint density at radius 3 is 2.11 bits per heavy atom. The van der Waals surface area contributed by atoms with Crippen LogP contribution in [0.5, 0.6) is 0 Å². The standard InChI is InChI=1S/C23H36O5/c1-3-19-28-23(27)18-12-17-22(26)15-9-6-5-8-14-21(25)16-11-7-10-13-20(24)4-2/h5-11,13-15,20-22,24-26H,3-4,12,16-19H2,1-2H3/b6-5+,11-7-,13-10+,14-8+,15-9-/t20-,21+,22-/m1/s1. The lowest BCUT2D eigenvalue weighted by Gasteiger charge is -2.05. The van der Waals surface area contributed by atoms with Crippen LogP contribution < -0.4 is 0 Å². The smallest absolute Gasteiger partial charge is 0.305 e. The molecule has 0 aromatic carbocycles. The largest absolute Gasteiger partial charge is 0.466 e. The first-order valence-electron chi connectivity index (χ1n) is 10.0. The van der Waals surface area contributed by atoms with Gasteiger partial charge in [0.2, 0.25) is 0 Å². The van der Waals surface area contributed by atoms with Gasteiger partial charge in [-0.25, -0.2) is 0 Å². The van der Waals surface area contributed by atoms with Crippen molar-refractivity contribution in [2.45, 2.75) is 70.7 Å². The fourth-order valence-electron chi connectivity index (χ4n) is 2.06. The van der Waals surface area contributed by atoms with E-state index in [9.17, 15) is 20.1 Å². The second kappa shape index (κ2) is 18.4. The van der Waals surface area contributed by atoms with Crippen LogP contribution in [0.15, 0.2) is 60.8 Å². The number of ether oxygens (including phenoxy) is 1. The summed E-state index contributed by atoms with van der Waals surface area (Å²) in [6.45, 7) is 4.30. The molecule has 0 saturated heterocycles. The van der Waals surface area contributed by atoms with Crippen molar-refractivity contribution in [1.82, 2.24) is 0 Å². The highest BCUT2D eigenvalue weighted by molar-refractivity contribution is 5.69. The van der Waals surface area contributed by atoms with Gasteiger partial charge < -0.3 is 20.1 Å². The molecule has 0 aliphatic carbocycles. The molecule has 0 aliphatic rings. The van der Waals surface area contributed by atoms with Gasteiger partial charge >= 0.3 is 5.97 Å². The third kappa shape index (κ3) is 17.5. The molecule has 0 saturated carbocycles. The molecule has 0 unspecified atom stereocenters. The van der Waals surface area contributed by atoms with Gasteiger partial charge in [0.1, 0.15) is 0 Å². The van der Waals surface area contributed by atoms with Crippen LogP contribution in [0.3, 0.4) is 0 Å². The minimum Gasteiger partial charge on any atom is -0.466 e. The van der Waals surface area contributed by atoms with Crippen molar-refractivity contribution >= 4 is 5.97 Å². The zero-order valence-electron chi connectivity index (χ0n) is 17.1. The summed E-state index contributed by atoms with van der Waals surface area (Å²) < 4.78 is 4.97. The van der Waals surface area contributed by atoms with Gasteiger partial charge in [-0.2, -0.15) is 0 Å². The van der Waals surface area contributed by atoms with Crippen molar-refractivity contribution in [2.75, 3.05) is 6.61 Å². The SMILES string of the molecule is CCCOC(=O)CCC[C@H](O)\C=C/C=C/C=C/[C@H](O)C/C=C\C=C\[C@H](O)CC. The third-order valence-electron chi connectivity index (χ3n) is 3.72. The summed E-state index contributed by atoms with van der Waals surface area (Å²) in [4.78, 5) is 11.3. The Labute approximate surface area is 169 Å². The quantitative estimate of drug-likeness (QED) is 0.292. The summed E-state index contributed by atoms with van der Waals surface area (Å²) in [5, 5.41) is 29.0. The Morgan fingerprint density at radius 1 is 0.857 bits per heavy atom. The molecule has 0 aliphatic heterocycles. The minimum atomic E-state index is -0.595. The second-order valence-electron chi connectivity index (χ2n) is 6.43. The van der Waals surface area contributed by atoms with Crippen molar-refractivity contribution in [3.05, 3.63) is 60.8 Å². The summed E-state index contributed by atoms with van der Waals surface area (Å²) in [5.41, 5.74) is 0. The molecule has 0 bridgehead atoms. The Morgan fingerprint density at radius 2 is 1.46 bits per heavy atom. The molecule has 0 spiro atoms. The minimum absolute atomic E-state index is 0.217. The summed E-state index contributed by atoms with van der Waals surface area (Å²) in [6, 6.07) is 0. The number of hydrogen-bond donors (Lipinski definition) is 3. The summed E-state index contributed by atoms with van der Waals surface area (Å²) in [5.74, 6) is -0.217. The number of rotatable bonds is 15. The number of esters is 1. The lowest BCUT2D eigenvalue weighted by Crippen LogP contribution is -2.07. The number of carbonyl (C=O) groups excluding carboxylic acids is 1. The average Bonchev–Trinajstić information content (AvgIpc) is 2.68. The second-order valence-corrected chi connectivity index (χ2v) is 6.43. The van der Waals surface area contributed by atoms with Crippen LogP contribution in [0.2, 0.25) is 0 Å². The number of allylic oxidation sites excluding steroid dienone is 6. The molecular weight excluding hydrogens is 356 g/mol. The first-order valence-corrected chi connectivity index (χ1v) is 10.0.